The van der Waals surface area contributed by atoms with E-state index in [0.29, 0.717) is 41.5 Å². The molecule has 3 aromatic heterocycles. The number of carbonyl (C=O) groups excluding carboxylic acids is 2. The van der Waals surface area contributed by atoms with Crippen LogP contribution in [-0.2, 0) is 4.79 Å². The first-order valence-corrected chi connectivity index (χ1v) is 11.6. The maximum Gasteiger partial charge on any atom is 0.274 e. The normalized spacial score (nSPS) is 15.5. The number of anilines is 1. The van der Waals surface area contributed by atoms with Gasteiger partial charge in [0.05, 0.1) is 16.7 Å². The highest BCUT2D eigenvalue weighted by Crippen LogP contribution is 2.30. The van der Waals surface area contributed by atoms with Crippen molar-refractivity contribution in [3.05, 3.63) is 40.8 Å². The van der Waals surface area contributed by atoms with Crippen LogP contribution >= 0.6 is 11.3 Å². The van der Waals surface area contributed by atoms with Gasteiger partial charge in [-0.3, -0.25) is 14.6 Å². The van der Waals surface area contributed by atoms with Crippen molar-refractivity contribution in [1.29, 1.82) is 0 Å². The van der Waals surface area contributed by atoms with Gasteiger partial charge in [0.2, 0.25) is 5.95 Å². The summed E-state index contributed by atoms with van der Waals surface area (Å²) in [6.45, 7) is 10.8. The summed E-state index contributed by atoms with van der Waals surface area (Å²) < 4.78 is 0.692. The van der Waals surface area contributed by atoms with Crippen molar-refractivity contribution in [2.75, 3.05) is 18.4 Å². The molecule has 0 unspecified atom stereocenters. The van der Waals surface area contributed by atoms with Crippen molar-refractivity contribution in [2.24, 2.45) is 11.3 Å². The van der Waals surface area contributed by atoms with E-state index in [2.05, 4.69) is 25.3 Å². The first-order valence-electron chi connectivity index (χ1n) is 10.8. The Hall–Kier alpha value is -2.94. The van der Waals surface area contributed by atoms with Gasteiger partial charge in [-0.2, -0.15) is 4.98 Å². The monoisotopic (exact) mass is 452 g/mol. The van der Waals surface area contributed by atoms with E-state index in [4.69, 9.17) is 0 Å². The number of aromatic nitrogens is 4. The molecule has 1 aliphatic rings. The minimum absolute atomic E-state index is 0.131. The number of nitrogens with zero attached hydrogens (tertiary/aromatic N) is 5. The highest BCUT2D eigenvalue weighted by molar-refractivity contribution is 7.18. The predicted octanol–water partition coefficient (Wildman–Crippen LogP) is 4.04. The van der Waals surface area contributed by atoms with Gasteiger partial charge in [0.25, 0.3) is 5.91 Å². The van der Waals surface area contributed by atoms with E-state index < -0.39 is 0 Å². The molecular weight excluding hydrogens is 424 g/mol. The lowest BCUT2D eigenvalue weighted by atomic mass is 9.83. The fraction of sp³-hybridized carbons (Fsp3) is 0.478. The number of pyridine rings is 1. The number of nitrogens with one attached hydrogen (secondary N) is 1. The Labute approximate surface area is 191 Å². The number of rotatable bonds is 6. The zero-order valence-corrected chi connectivity index (χ0v) is 19.9. The van der Waals surface area contributed by atoms with Crippen LogP contribution in [0.4, 0.5) is 5.95 Å². The van der Waals surface area contributed by atoms with E-state index in [1.54, 1.807) is 11.1 Å². The van der Waals surface area contributed by atoms with E-state index >= 15 is 0 Å². The minimum atomic E-state index is -0.353. The second-order valence-electron chi connectivity index (χ2n) is 9.36. The fourth-order valence-corrected chi connectivity index (χ4v) is 4.46. The van der Waals surface area contributed by atoms with Crippen LogP contribution in [0.1, 0.15) is 61.3 Å². The third-order valence-corrected chi connectivity index (χ3v) is 6.56. The number of aryl methyl sites for hydroxylation is 1. The molecule has 4 rings (SSSR count). The Morgan fingerprint density at radius 1 is 1.22 bits per heavy atom. The quantitative estimate of drug-likeness (QED) is 0.602. The van der Waals surface area contributed by atoms with Crippen LogP contribution in [0, 0.1) is 18.3 Å². The van der Waals surface area contributed by atoms with Gasteiger partial charge < -0.3 is 10.2 Å². The maximum absolute atomic E-state index is 13.3. The number of carbonyl (C=O) groups is 2. The van der Waals surface area contributed by atoms with E-state index in [-0.39, 0.29) is 29.1 Å². The third kappa shape index (κ3) is 4.62. The first kappa shape index (κ1) is 22.3. The number of ketones is 1. The van der Waals surface area contributed by atoms with Crippen LogP contribution in [0.15, 0.2) is 24.4 Å². The predicted molar refractivity (Wildman–Crippen MR) is 125 cm³/mol. The van der Waals surface area contributed by atoms with Gasteiger partial charge in [-0.25, -0.2) is 9.97 Å². The summed E-state index contributed by atoms with van der Waals surface area (Å²) in [5.41, 5.74) is 1.37. The van der Waals surface area contributed by atoms with Crippen molar-refractivity contribution in [1.82, 2.24) is 24.8 Å². The summed E-state index contributed by atoms with van der Waals surface area (Å²) >= 11 is 1.42. The molecule has 0 spiro atoms. The highest BCUT2D eigenvalue weighted by Gasteiger charge is 2.36. The maximum atomic E-state index is 13.3. The second kappa shape index (κ2) is 8.54. The summed E-state index contributed by atoms with van der Waals surface area (Å²) in [6, 6.07) is 5.58. The van der Waals surface area contributed by atoms with Crippen molar-refractivity contribution in [3.8, 4) is 0 Å². The summed E-state index contributed by atoms with van der Waals surface area (Å²) in [6.07, 6.45) is 2.24. The topological polar surface area (TPSA) is 101 Å². The van der Waals surface area contributed by atoms with Crippen LogP contribution in [0.25, 0.3) is 10.3 Å². The molecular formula is C23H28N6O2S. The zero-order valence-electron chi connectivity index (χ0n) is 19.0. The number of hydrogen-bond acceptors (Lipinski definition) is 8. The molecule has 4 heterocycles. The van der Waals surface area contributed by atoms with E-state index in [1.165, 1.54) is 11.3 Å². The van der Waals surface area contributed by atoms with Crippen LogP contribution in [0.3, 0.4) is 0 Å². The number of amides is 1. The fourth-order valence-electron chi connectivity index (χ4n) is 3.62. The summed E-state index contributed by atoms with van der Waals surface area (Å²) in [5, 5.41) is 4.07. The SMILES string of the molecule is Cc1nc2nc(N[C@@H](C)c3ccccn3)nc(C(=O)N3CC(CC(=O)C(C)(C)C)C3)c2s1. The van der Waals surface area contributed by atoms with E-state index in [9.17, 15) is 9.59 Å². The standard InChI is InChI=1S/C23H28N6O2S/c1-13(16-8-6-7-9-24-16)25-22-27-18(19-20(28-22)26-14(2)32-19)21(31)29-11-15(12-29)10-17(30)23(3,4)5/h6-9,13,15H,10-12H2,1-5H3,(H,25,27,28)/t13-/m0/s1. The van der Waals surface area contributed by atoms with Crippen molar-refractivity contribution < 1.29 is 9.59 Å². The molecule has 8 nitrogen and oxygen atoms in total. The highest BCUT2D eigenvalue weighted by atomic mass is 32.1. The lowest BCUT2D eigenvalue weighted by Gasteiger charge is -2.39. The molecule has 32 heavy (non-hydrogen) atoms. The number of likely N-dealkylation sites (tertiary alicyclic amines) is 1. The molecule has 168 valence electrons. The molecule has 1 N–H and O–H groups in total. The van der Waals surface area contributed by atoms with Gasteiger partial charge in [-0.1, -0.05) is 26.8 Å². The van der Waals surface area contributed by atoms with Crippen LogP contribution < -0.4 is 5.32 Å². The molecule has 1 amide bonds. The number of hydrogen-bond donors (Lipinski definition) is 1. The lowest BCUT2D eigenvalue weighted by molar-refractivity contribution is -0.128. The number of Topliss-reactive ketones (excluding diaryl/α,β-unsaturated/α-hetero) is 1. The van der Waals surface area contributed by atoms with Crippen LogP contribution in [0.2, 0.25) is 0 Å². The average Bonchev–Trinajstić information content (AvgIpc) is 3.09. The molecule has 1 aliphatic heterocycles. The Bertz CT molecular complexity index is 1150. The Kier molecular flexibility index (Phi) is 5.94. The molecule has 0 bridgehead atoms. The van der Waals surface area contributed by atoms with E-state index in [0.717, 1.165) is 10.7 Å². The zero-order chi connectivity index (χ0) is 23.0. The molecule has 1 fully saturated rings. The smallest absolute Gasteiger partial charge is 0.274 e. The van der Waals surface area contributed by atoms with Crippen LogP contribution in [0.5, 0.6) is 0 Å². The summed E-state index contributed by atoms with van der Waals surface area (Å²) in [5.74, 6) is 0.637. The Morgan fingerprint density at radius 3 is 2.62 bits per heavy atom. The average molecular weight is 453 g/mol. The molecule has 1 atom stereocenters. The van der Waals surface area contributed by atoms with Gasteiger partial charge in [0.1, 0.15) is 10.5 Å². The Balaban J connectivity index is 1.53. The molecule has 3 aromatic rings. The van der Waals surface area contributed by atoms with Gasteiger partial charge in [-0.05, 0) is 26.0 Å². The number of fused-ring (bicyclic) bond motifs is 1. The molecule has 9 heteroatoms. The van der Waals surface area contributed by atoms with Gasteiger partial charge in [0.15, 0.2) is 11.3 Å². The van der Waals surface area contributed by atoms with Crippen LogP contribution in [-0.4, -0.2) is 49.6 Å². The third-order valence-electron chi connectivity index (χ3n) is 5.60. The molecule has 0 aliphatic carbocycles. The molecule has 0 saturated carbocycles. The van der Waals surface area contributed by atoms with Gasteiger partial charge in [-0.15, -0.1) is 11.3 Å². The first-order chi connectivity index (χ1) is 15.1. The van der Waals surface area contributed by atoms with E-state index in [1.807, 2.05) is 52.8 Å². The lowest BCUT2D eigenvalue weighted by Crippen LogP contribution is -2.51. The minimum Gasteiger partial charge on any atom is -0.346 e. The second-order valence-corrected chi connectivity index (χ2v) is 10.6. The number of thiazole rings is 1. The Morgan fingerprint density at radius 2 is 1.97 bits per heavy atom. The van der Waals surface area contributed by atoms with Gasteiger partial charge >= 0.3 is 0 Å². The molecule has 1 saturated heterocycles. The largest absolute Gasteiger partial charge is 0.346 e. The summed E-state index contributed by atoms with van der Waals surface area (Å²) in [7, 11) is 0. The van der Waals surface area contributed by atoms with Crippen molar-refractivity contribution in [3.63, 3.8) is 0 Å². The molecule has 0 radical (unpaired) electrons. The van der Waals surface area contributed by atoms with Crippen molar-refractivity contribution in [2.45, 2.75) is 47.1 Å². The summed E-state index contributed by atoms with van der Waals surface area (Å²) in [4.78, 5) is 45.3. The van der Waals surface area contributed by atoms with Gasteiger partial charge in [0, 0.05) is 37.0 Å². The molecule has 0 aromatic carbocycles. The van der Waals surface area contributed by atoms with Crippen molar-refractivity contribution >= 4 is 39.3 Å².